The number of fused-ring (bicyclic) bond motifs is 1. The second-order valence-corrected chi connectivity index (χ2v) is 7.99. The van der Waals surface area contributed by atoms with Crippen molar-refractivity contribution < 1.29 is 22.7 Å². The monoisotopic (exact) mass is 389 g/mol. The number of carbonyl (C=O) groups excluding carboxylic acids is 1. The molecule has 0 N–H and O–H groups in total. The van der Waals surface area contributed by atoms with E-state index in [-0.39, 0.29) is 16.2 Å². The molecule has 0 aliphatic carbocycles. The number of sulfonamides is 1. The fourth-order valence-electron chi connectivity index (χ4n) is 2.31. The first-order valence-corrected chi connectivity index (χ1v) is 10.0. The van der Waals surface area contributed by atoms with E-state index in [0.717, 1.165) is 4.70 Å². The SMILES string of the molecule is COC(=O)Oc1cc(=NS(=O)(=O)Cc2ccccc2)c2ccccc2s1. The van der Waals surface area contributed by atoms with Crippen molar-refractivity contribution in [1.29, 1.82) is 0 Å². The minimum absolute atomic E-state index is 0.198. The van der Waals surface area contributed by atoms with Crippen LogP contribution >= 0.6 is 11.3 Å². The van der Waals surface area contributed by atoms with Gasteiger partial charge in [-0.2, -0.15) is 4.40 Å². The topological polar surface area (TPSA) is 82.0 Å². The van der Waals surface area contributed by atoms with Crippen molar-refractivity contribution in [2.24, 2.45) is 4.40 Å². The molecule has 2 aromatic carbocycles. The van der Waals surface area contributed by atoms with Crippen LogP contribution in [-0.4, -0.2) is 21.7 Å². The van der Waals surface area contributed by atoms with Crippen LogP contribution in [0.25, 0.3) is 10.1 Å². The standard InChI is InChI=1S/C18H15NO5S2/c1-23-18(20)24-17-11-15(14-9-5-6-10-16(14)25-17)19-26(21,22)12-13-7-3-2-4-8-13/h2-11H,12H2,1H3. The number of rotatable bonds is 4. The second-order valence-electron chi connectivity index (χ2n) is 5.31. The van der Waals surface area contributed by atoms with E-state index in [0.29, 0.717) is 10.9 Å². The molecule has 0 bridgehead atoms. The van der Waals surface area contributed by atoms with E-state index < -0.39 is 16.2 Å². The molecule has 0 saturated carbocycles. The maximum absolute atomic E-state index is 12.5. The van der Waals surface area contributed by atoms with Gasteiger partial charge in [0.05, 0.1) is 18.2 Å². The summed E-state index contributed by atoms with van der Waals surface area (Å²) < 4.78 is 39.2. The number of methoxy groups -OCH3 is 1. The van der Waals surface area contributed by atoms with Crippen LogP contribution in [0.4, 0.5) is 4.79 Å². The molecule has 0 atom stereocenters. The molecule has 6 nitrogen and oxygen atoms in total. The maximum Gasteiger partial charge on any atom is 0.514 e. The lowest BCUT2D eigenvalue weighted by Gasteiger charge is -2.05. The first-order chi connectivity index (χ1) is 12.5. The van der Waals surface area contributed by atoms with Gasteiger partial charge in [0.25, 0.3) is 10.0 Å². The fourth-order valence-corrected chi connectivity index (χ4v) is 4.37. The van der Waals surface area contributed by atoms with E-state index in [9.17, 15) is 13.2 Å². The third-order valence-electron chi connectivity index (χ3n) is 3.41. The largest absolute Gasteiger partial charge is 0.514 e. The summed E-state index contributed by atoms with van der Waals surface area (Å²) in [4.78, 5) is 11.4. The molecule has 1 heterocycles. The summed E-state index contributed by atoms with van der Waals surface area (Å²) in [7, 11) is -2.57. The van der Waals surface area contributed by atoms with Crippen LogP contribution in [0.1, 0.15) is 5.56 Å². The Kier molecular flexibility index (Phi) is 5.34. The van der Waals surface area contributed by atoms with Crippen LogP contribution in [0.2, 0.25) is 0 Å². The molecule has 8 heteroatoms. The molecule has 3 rings (SSSR count). The molecule has 0 saturated heterocycles. The van der Waals surface area contributed by atoms with Gasteiger partial charge >= 0.3 is 6.16 Å². The summed E-state index contributed by atoms with van der Waals surface area (Å²) in [5, 5.41) is 1.07. The van der Waals surface area contributed by atoms with Gasteiger partial charge in [0.1, 0.15) is 0 Å². The van der Waals surface area contributed by atoms with Gasteiger partial charge in [-0.15, -0.1) is 0 Å². The Hall–Kier alpha value is -2.71. The zero-order chi connectivity index (χ0) is 18.6. The van der Waals surface area contributed by atoms with Gasteiger partial charge in [-0.05, 0) is 11.6 Å². The molecule has 0 aliphatic heterocycles. The summed E-state index contributed by atoms with van der Waals surface area (Å²) in [6.07, 6.45) is -0.880. The Balaban J connectivity index is 2.09. The quantitative estimate of drug-likeness (QED) is 0.638. The van der Waals surface area contributed by atoms with E-state index in [1.54, 1.807) is 42.5 Å². The summed E-state index contributed by atoms with van der Waals surface area (Å²) in [6, 6.07) is 17.4. The van der Waals surface area contributed by atoms with E-state index in [1.165, 1.54) is 24.5 Å². The van der Waals surface area contributed by atoms with Gasteiger partial charge in [-0.1, -0.05) is 59.9 Å². The predicted octanol–water partition coefficient (Wildman–Crippen LogP) is 3.48. The molecule has 0 spiro atoms. The summed E-state index contributed by atoms with van der Waals surface area (Å²) in [5.41, 5.74) is 0.644. The molecule has 0 aliphatic rings. The lowest BCUT2D eigenvalue weighted by molar-refractivity contribution is 0.123. The van der Waals surface area contributed by atoms with E-state index in [1.807, 2.05) is 12.1 Å². The summed E-state index contributed by atoms with van der Waals surface area (Å²) in [6.45, 7) is 0. The number of nitrogens with zero attached hydrogens (tertiary/aromatic N) is 1. The number of hydrogen-bond acceptors (Lipinski definition) is 6. The molecule has 0 radical (unpaired) electrons. The Morgan fingerprint density at radius 2 is 1.77 bits per heavy atom. The van der Waals surface area contributed by atoms with Crippen LogP contribution in [-0.2, 0) is 20.5 Å². The van der Waals surface area contributed by atoms with Gasteiger partial charge in [0, 0.05) is 16.2 Å². The zero-order valence-corrected chi connectivity index (χ0v) is 15.4. The average Bonchev–Trinajstić information content (AvgIpc) is 2.61. The minimum atomic E-state index is -3.77. The number of hydrogen-bond donors (Lipinski definition) is 0. The third-order valence-corrected chi connectivity index (χ3v) is 5.56. The second kappa shape index (κ2) is 7.67. The minimum Gasteiger partial charge on any atom is -0.437 e. The van der Waals surface area contributed by atoms with Crippen LogP contribution in [0.3, 0.4) is 0 Å². The molecule has 134 valence electrons. The van der Waals surface area contributed by atoms with Gasteiger partial charge in [-0.3, -0.25) is 0 Å². The van der Waals surface area contributed by atoms with Crippen molar-refractivity contribution in [3.8, 4) is 5.06 Å². The van der Waals surface area contributed by atoms with Gasteiger partial charge in [0.15, 0.2) is 5.06 Å². The lowest BCUT2D eigenvalue weighted by Crippen LogP contribution is -2.12. The molecule has 0 unspecified atom stereocenters. The first kappa shape index (κ1) is 18.1. The highest BCUT2D eigenvalue weighted by molar-refractivity contribution is 7.89. The van der Waals surface area contributed by atoms with Crippen LogP contribution in [0.15, 0.2) is 65.1 Å². The summed E-state index contributed by atoms with van der Waals surface area (Å²) in [5.74, 6) is -0.215. The zero-order valence-electron chi connectivity index (χ0n) is 13.8. The predicted molar refractivity (Wildman–Crippen MR) is 99.5 cm³/mol. The van der Waals surface area contributed by atoms with Crippen LogP contribution in [0.5, 0.6) is 5.06 Å². The van der Waals surface area contributed by atoms with Gasteiger partial charge in [-0.25, -0.2) is 13.2 Å². The normalized spacial score (nSPS) is 12.1. The molecular formula is C18H15NO5S2. The summed E-state index contributed by atoms with van der Waals surface area (Å²) >= 11 is 1.20. The molecule has 3 aromatic rings. The Labute approximate surface area is 154 Å². The van der Waals surface area contributed by atoms with Crippen molar-refractivity contribution in [1.82, 2.24) is 0 Å². The maximum atomic E-state index is 12.5. The average molecular weight is 389 g/mol. The number of ether oxygens (including phenoxy) is 2. The van der Waals surface area contributed by atoms with E-state index >= 15 is 0 Å². The smallest absolute Gasteiger partial charge is 0.437 e. The van der Waals surface area contributed by atoms with Crippen molar-refractivity contribution in [2.75, 3.05) is 7.11 Å². The molecule has 0 amide bonds. The highest BCUT2D eigenvalue weighted by atomic mass is 32.2. The Morgan fingerprint density at radius 3 is 2.50 bits per heavy atom. The van der Waals surface area contributed by atoms with Gasteiger partial charge < -0.3 is 9.47 Å². The van der Waals surface area contributed by atoms with E-state index in [4.69, 9.17) is 4.74 Å². The number of carbonyl (C=O) groups is 1. The highest BCUT2D eigenvalue weighted by Gasteiger charge is 2.12. The lowest BCUT2D eigenvalue weighted by atomic mass is 10.2. The van der Waals surface area contributed by atoms with Crippen molar-refractivity contribution >= 4 is 37.6 Å². The number of benzene rings is 2. The Morgan fingerprint density at radius 1 is 1.08 bits per heavy atom. The van der Waals surface area contributed by atoms with E-state index in [2.05, 4.69) is 9.13 Å². The highest BCUT2D eigenvalue weighted by Crippen LogP contribution is 2.25. The molecular weight excluding hydrogens is 374 g/mol. The molecule has 0 fully saturated rings. The molecule has 26 heavy (non-hydrogen) atoms. The third kappa shape index (κ3) is 4.47. The fraction of sp³-hybridized carbons (Fsp3) is 0.111. The van der Waals surface area contributed by atoms with Gasteiger partial charge in [0.2, 0.25) is 0 Å². The Bertz CT molecular complexity index is 1110. The van der Waals surface area contributed by atoms with Crippen LogP contribution in [0, 0.1) is 0 Å². The molecule has 1 aromatic heterocycles. The van der Waals surface area contributed by atoms with Crippen molar-refractivity contribution in [3.63, 3.8) is 0 Å². The first-order valence-electron chi connectivity index (χ1n) is 7.58. The van der Waals surface area contributed by atoms with Crippen molar-refractivity contribution in [3.05, 3.63) is 71.6 Å². The van der Waals surface area contributed by atoms with Crippen LogP contribution < -0.4 is 10.1 Å². The van der Waals surface area contributed by atoms with Crippen molar-refractivity contribution in [2.45, 2.75) is 5.75 Å².